The van der Waals surface area contributed by atoms with E-state index in [4.69, 9.17) is 23.2 Å². The molecule has 0 saturated heterocycles. The molecular formula is C13H12Cl2N2O. The smallest absolute Gasteiger partial charge is 0.255 e. The second-order valence-electron chi connectivity index (χ2n) is 4.15. The third-order valence-corrected chi connectivity index (χ3v) is 3.25. The van der Waals surface area contributed by atoms with Crippen LogP contribution in [0.3, 0.4) is 0 Å². The predicted octanol–water partition coefficient (Wildman–Crippen LogP) is 3.22. The van der Waals surface area contributed by atoms with Gasteiger partial charge in [0.2, 0.25) is 0 Å². The second kappa shape index (κ2) is 5.12. The number of nitrogens with zero attached hydrogens (tertiary/aromatic N) is 2. The summed E-state index contributed by atoms with van der Waals surface area (Å²) in [6.07, 6.45) is 0. The molecular weight excluding hydrogens is 271 g/mol. The van der Waals surface area contributed by atoms with Crippen LogP contribution in [-0.2, 0) is 6.54 Å². The number of rotatable bonds is 2. The number of aryl methyl sites for hydroxylation is 2. The SMILES string of the molecule is Cc1ccc(Cn2c(C)nc(Cl)cc2=O)c(Cl)c1. The molecule has 0 spiro atoms. The van der Waals surface area contributed by atoms with Gasteiger partial charge < -0.3 is 0 Å². The van der Waals surface area contributed by atoms with Crippen molar-refractivity contribution in [3.63, 3.8) is 0 Å². The number of aromatic nitrogens is 2. The van der Waals surface area contributed by atoms with E-state index in [2.05, 4.69) is 4.98 Å². The molecule has 0 amide bonds. The number of hydrogen-bond donors (Lipinski definition) is 0. The Labute approximate surface area is 115 Å². The highest BCUT2D eigenvalue weighted by molar-refractivity contribution is 6.31. The van der Waals surface area contributed by atoms with Gasteiger partial charge >= 0.3 is 0 Å². The lowest BCUT2D eigenvalue weighted by atomic mass is 10.1. The maximum Gasteiger partial charge on any atom is 0.255 e. The van der Waals surface area contributed by atoms with Gasteiger partial charge in [0.15, 0.2) is 0 Å². The van der Waals surface area contributed by atoms with E-state index in [0.29, 0.717) is 17.4 Å². The van der Waals surface area contributed by atoms with Gasteiger partial charge in [-0.2, -0.15) is 0 Å². The summed E-state index contributed by atoms with van der Waals surface area (Å²) in [5.41, 5.74) is 1.79. The molecule has 0 aliphatic rings. The Bertz CT molecular complexity index is 650. The standard InChI is InChI=1S/C13H12Cl2N2O/c1-8-3-4-10(11(14)5-8)7-17-9(2)16-12(15)6-13(17)18/h3-6H,7H2,1-2H3. The van der Waals surface area contributed by atoms with E-state index >= 15 is 0 Å². The first-order chi connectivity index (χ1) is 8.47. The van der Waals surface area contributed by atoms with Crippen LogP contribution in [-0.4, -0.2) is 9.55 Å². The van der Waals surface area contributed by atoms with Gasteiger partial charge in [-0.05, 0) is 31.0 Å². The molecule has 94 valence electrons. The van der Waals surface area contributed by atoms with Gasteiger partial charge in [-0.25, -0.2) is 4.98 Å². The lowest BCUT2D eigenvalue weighted by molar-refractivity contribution is 0.700. The van der Waals surface area contributed by atoms with Crippen molar-refractivity contribution in [1.82, 2.24) is 9.55 Å². The van der Waals surface area contributed by atoms with Crippen LogP contribution in [0.1, 0.15) is 17.0 Å². The molecule has 0 aliphatic carbocycles. The molecule has 18 heavy (non-hydrogen) atoms. The molecule has 1 heterocycles. The molecule has 0 radical (unpaired) electrons. The van der Waals surface area contributed by atoms with Crippen LogP contribution in [0.15, 0.2) is 29.1 Å². The van der Waals surface area contributed by atoms with Gasteiger partial charge in [-0.15, -0.1) is 0 Å². The molecule has 0 saturated carbocycles. The first kappa shape index (κ1) is 13.1. The molecule has 5 heteroatoms. The fraction of sp³-hybridized carbons (Fsp3) is 0.231. The van der Waals surface area contributed by atoms with Crippen LogP contribution in [0.2, 0.25) is 10.2 Å². The Morgan fingerprint density at radius 2 is 1.94 bits per heavy atom. The van der Waals surface area contributed by atoms with Crippen molar-refractivity contribution in [3.05, 3.63) is 61.7 Å². The Kier molecular flexibility index (Phi) is 3.73. The monoisotopic (exact) mass is 282 g/mol. The molecule has 0 N–H and O–H groups in total. The van der Waals surface area contributed by atoms with Crippen LogP contribution in [0, 0.1) is 13.8 Å². The molecule has 1 aromatic heterocycles. The molecule has 3 nitrogen and oxygen atoms in total. The zero-order valence-electron chi connectivity index (χ0n) is 10.1. The molecule has 0 unspecified atom stereocenters. The van der Waals surface area contributed by atoms with Gasteiger partial charge in [0, 0.05) is 11.1 Å². The van der Waals surface area contributed by atoms with Crippen molar-refractivity contribution in [1.29, 1.82) is 0 Å². The lowest BCUT2D eigenvalue weighted by Crippen LogP contribution is -2.23. The summed E-state index contributed by atoms with van der Waals surface area (Å²) in [6.45, 7) is 4.11. The summed E-state index contributed by atoms with van der Waals surface area (Å²) in [7, 11) is 0. The highest BCUT2D eigenvalue weighted by Gasteiger charge is 2.07. The Balaban J connectivity index is 2.43. The largest absolute Gasteiger partial charge is 0.292 e. The van der Waals surface area contributed by atoms with Crippen molar-refractivity contribution in [2.45, 2.75) is 20.4 Å². The van der Waals surface area contributed by atoms with E-state index in [-0.39, 0.29) is 10.7 Å². The minimum Gasteiger partial charge on any atom is -0.292 e. The topological polar surface area (TPSA) is 34.9 Å². The van der Waals surface area contributed by atoms with E-state index in [1.165, 1.54) is 6.07 Å². The molecule has 2 rings (SSSR count). The van der Waals surface area contributed by atoms with Crippen LogP contribution in [0.5, 0.6) is 0 Å². The van der Waals surface area contributed by atoms with E-state index in [1.54, 1.807) is 11.5 Å². The fourth-order valence-corrected chi connectivity index (χ4v) is 2.24. The zero-order valence-corrected chi connectivity index (χ0v) is 11.6. The van der Waals surface area contributed by atoms with Gasteiger partial charge in [0.1, 0.15) is 11.0 Å². The van der Waals surface area contributed by atoms with Crippen molar-refractivity contribution in [2.75, 3.05) is 0 Å². The predicted molar refractivity (Wildman–Crippen MR) is 73.5 cm³/mol. The highest BCUT2D eigenvalue weighted by Crippen LogP contribution is 2.18. The van der Waals surface area contributed by atoms with Crippen molar-refractivity contribution in [2.24, 2.45) is 0 Å². The van der Waals surface area contributed by atoms with E-state index in [0.717, 1.165) is 11.1 Å². The van der Waals surface area contributed by atoms with Gasteiger partial charge in [-0.3, -0.25) is 9.36 Å². The number of halogens is 2. The fourth-order valence-electron chi connectivity index (χ4n) is 1.73. The quantitative estimate of drug-likeness (QED) is 0.793. The number of hydrogen-bond acceptors (Lipinski definition) is 2. The Hall–Kier alpha value is -1.32. The average Bonchev–Trinajstić information content (AvgIpc) is 2.25. The summed E-state index contributed by atoms with van der Waals surface area (Å²) in [5.74, 6) is 0.573. The normalized spacial score (nSPS) is 10.7. The lowest BCUT2D eigenvalue weighted by Gasteiger charge is -2.10. The number of benzene rings is 1. The summed E-state index contributed by atoms with van der Waals surface area (Å²) >= 11 is 11.9. The first-order valence-corrected chi connectivity index (χ1v) is 6.22. The second-order valence-corrected chi connectivity index (χ2v) is 4.94. The minimum atomic E-state index is -0.177. The van der Waals surface area contributed by atoms with E-state index in [9.17, 15) is 4.79 Å². The summed E-state index contributed by atoms with van der Waals surface area (Å²) in [5, 5.41) is 0.861. The molecule has 0 atom stereocenters. The maximum atomic E-state index is 11.8. The Morgan fingerprint density at radius 3 is 2.56 bits per heavy atom. The van der Waals surface area contributed by atoms with Gasteiger partial charge in [0.05, 0.1) is 6.54 Å². The molecule has 0 aliphatic heterocycles. The average molecular weight is 283 g/mol. The third kappa shape index (κ3) is 2.74. The molecule has 1 aromatic carbocycles. The molecule has 2 aromatic rings. The maximum absolute atomic E-state index is 11.8. The minimum absolute atomic E-state index is 0.177. The van der Waals surface area contributed by atoms with Crippen LogP contribution in [0.4, 0.5) is 0 Å². The summed E-state index contributed by atoms with van der Waals surface area (Å²) in [4.78, 5) is 15.9. The van der Waals surface area contributed by atoms with Gasteiger partial charge in [-0.1, -0.05) is 35.3 Å². The Morgan fingerprint density at radius 1 is 1.22 bits per heavy atom. The highest BCUT2D eigenvalue weighted by atomic mass is 35.5. The van der Waals surface area contributed by atoms with Gasteiger partial charge in [0.25, 0.3) is 5.56 Å². The van der Waals surface area contributed by atoms with Crippen LogP contribution < -0.4 is 5.56 Å². The van der Waals surface area contributed by atoms with Crippen molar-refractivity contribution >= 4 is 23.2 Å². The summed E-state index contributed by atoms with van der Waals surface area (Å²) in [6, 6.07) is 7.06. The van der Waals surface area contributed by atoms with Crippen LogP contribution in [0.25, 0.3) is 0 Å². The first-order valence-electron chi connectivity index (χ1n) is 5.46. The zero-order chi connectivity index (χ0) is 13.3. The molecule has 0 bridgehead atoms. The van der Waals surface area contributed by atoms with Crippen molar-refractivity contribution in [3.8, 4) is 0 Å². The summed E-state index contributed by atoms with van der Waals surface area (Å²) < 4.78 is 1.54. The van der Waals surface area contributed by atoms with Crippen molar-refractivity contribution < 1.29 is 0 Å². The van der Waals surface area contributed by atoms with Crippen LogP contribution >= 0.6 is 23.2 Å². The third-order valence-electron chi connectivity index (χ3n) is 2.70. The molecule has 0 fully saturated rings. The van der Waals surface area contributed by atoms with E-state index < -0.39 is 0 Å². The van der Waals surface area contributed by atoms with E-state index in [1.807, 2.05) is 25.1 Å².